The van der Waals surface area contributed by atoms with Crippen LogP contribution in [-0.2, 0) is 10.3 Å². The van der Waals surface area contributed by atoms with Gasteiger partial charge in [0.05, 0.1) is 12.7 Å². The van der Waals surface area contributed by atoms with Gasteiger partial charge in [0.1, 0.15) is 5.60 Å². The van der Waals surface area contributed by atoms with Gasteiger partial charge in [0.2, 0.25) is 0 Å². The molecule has 1 N–H and O–H groups in total. The maximum Gasteiger partial charge on any atom is 0.117 e. The van der Waals surface area contributed by atoms with Gasteiger partial charge in [-0.1, -0.05) is 18.9 Å². The van der Waals surface area contributed by atoms with Crippen molar-refractivity contribution in [3.63, 3.8) is 0 Å². The number of piperidine rings is 3. The first-order chi connectivity index (χ1) is 11.3. The number of rotatable bonds is 5. The zero-order valence-electron chi connectivity index (χ0n) is 13.9. The van der Waals surface area contributed by atoms with Crippen molar-refractivity contribution in [1.82, 2.24) is 9.88 Å². The molecule has 4 heteroatoms. The number of nitrogens with zero attached hydrogens (tertiary/aromatic N) is 2. The van der Waals surface area contributed by atoms with E-state index < -0.39 is 5.60 Å². The minimum Gasteiger partial charge on any atom is -0.382 e. The Bertz CT molecular complexity index is 509. The molecule has 5 rings (SSSR count). The third-order valence-electron chi connectivity index (χ3n) is 6.31. The first-order valence-corrected chi connectivity index (χ1v) is 9.22. The highest BCUT2D eigenvalue weighted by molar-refractivity contribution is 5.20. The van der Waals surface area contributed by atoms with Gasteiger partial charge in [0, 0.05) is 24.5 Å². The zero-order chi connectivity index (χ0) is 15.7. The van der Waals surface area contributed by atoms with Crippen molar-refractivity contribution in [3.05, 3.63) is 30.1 Å². The number of ether oxygens (including phenoxy) is 1. The fourth-order valence-electron chi connectivity index (χ4n) is 4.79. The Morgan fingerprint density at radius 3 is 2.61 bits per heavy atom. The molecule has 4 nitrogen and oxygen atoms in total. The van der Waals surface area contributed by atoms with E-state index in [0.29, 0.717) is 24.5 Å². The van der Waals surface area contributed by atoms with Gasteiger partial charge >= 0.3 is 0 Å². The molecule has 0 spiro atoms. The lowest BCUT2D eigenvalue weighted by atomic mass is 9.81. The van der Waals surface area contributed by atoms with E-state index in [0.717, 1.165) is 24.9 Å². The fraction of sp³-hybridized carbons (Fsp3) is 0.737. The summed E-state index contributed by atoms with van der Waals surface area (Å²) in [6, 6.07) is 3.93. The Hall–Kier alpha value is -0.970. The van der Waals surface area contributed by atoms with Gasteiger partial charge < -0.3 is 14.7 Å². The van der Waals surface area contributed by atoms with Crippen LogP contribution in [0.25, 0.3) is 0 Å². The predicted octanol–water partition coefficient (Wildman–Crippen LogP) is 2.57. The molecule has 1 aromatic rings. The van der Waals surface area contributed by atoms with Crippen LogP contribution < -0.4 is 0 Å². The Morgan fingerprint density at radius 1 is 1.22 bits per heavy atom. The van der Waals surface area contributed by atoms with E-state index in [2.05, 4.69) is 9.88 Å². The van der Waals surface area contributed by atoms with Crippen LogP contribution in [0.1, 0.15) is 44.1 Å². The number of fused-ring (bicyclic) bond motifs is 3. The van der Waals surface area contributed by atoms with Crippen molar-refractivity contribution in [2.24, 2.45) is 11.8 Å². The minimum atomic E-state index is -0.878. The lowest BCUT2D eigenvalue weighted by Crippen LogP contribution is -2.53. The highest BCUT2D eigenvalue weighted by Crippen LogP contribution is 2.41. The van der Waals surface area contributed by atoms with Crippen LogP contribution >= 0.6 is 0 Å². The molecule has 2 unspecified atom stereocenters. The fourth-order valence-corrected chi connectivity index (χ4v) is 4.79. The number of aromatic nitrogens is 1. The number of pyridine rings is 1. The molecule has 2 bridgehead atoms. The molecule has 4 heterocycles. The third-order valence-corrected chi connectivity index (χ3v) is 6.31. The van der Waals surface area contributed by atoms with Crippen molar-refractivity contribution in [2.75, 3.05) is 26.2 Å². The second-order valence-corrected chi connectivity index (χ2v) is 7.63. The molecular weight excluding hydrogens is 288 g/mol. The summed E-state index contributed by atoms with van der Waals surface area (Å²) in [6.07, 6.45) is 11.0. The van der Waals surface area contributed by atoms with Crippen LogP contribution in [0.3, 0.4) is 0 Å². The summed E-state index contributed by atoms with van der Waals surface area (Å²) < 4.78 is 6.33. The minimum absolute atomic E-state index is 0.294. The van der Waals surface area contributed by atoms with Crippen molar-refractivity contribution >= 4 is 0 Å². The molecule has 4 fully saturated rings. The van der Waals surface area contributed by atoms with E-state index in [1.165, 1.54) is 38.8 Å². The average Bonchev–Trinajstić information content (AvgIpc) is 3.17. The Kier molecular flexibility index (Phi) is 4.39. The van der Waals surface area contributed by atoms with Crippen LogP contribution in [0.2, 0.25) is 0 Å². The van der Waals surface area contributed by atoms with Crippen LogP contribution in [0.5, 0.6) is 0 Å². The summed E-state index contributed by atoms with van der Waals surface area (Å²) in [5.74, 6) is 0.981. The van der Waals surface area contributed by atoms with Crippen LogP contribution in [0.4, 0.5) is 0 Å². The second kappa shape index (κ2) is 6.50. The van der Waals surface area contributed by atoms with E-state index in [-0.39, 0.29) is 0 Å². The van der Waals surface area contributed by atoms with Gasteiger partial charge in [-0.25, -0.2) is 0 Å². The lowest BCUT2D eigenvalue weighted by molar-refractivity contribution is -0.143. The van der Waals surface area contributed by atoms with E-state index in [1.807, 2.05) is 18.3 Å². The summed E-state index contributed by atoms with van der Waals surface area (Å²) in [5.41, 5.74) is 0.0460. The Morgan fingerprint density at radius 2 is 2.00 bits per heavy atom. The van der Waals surface area contributed by atoms with Crippen molar-refractivity contribution in [1.29, 1.82) is 0 Å². The molecule has 1 aliphatic carbocycles. The quantitative estimate of drug-likeness (QED) is 0.907. The topological polar surface area (TPSA) is 45.6 Å². The van der Waals surface area contributed by atoms with E-state index in [4.69, 9.17) is 4.74 Å². The van der Waals surface area contributed by atoms with Gasteiger partial charge in [-0.3, -0.25) is 4.98 Å². The smallest absolute Gasteiger partial charge is 0.117 e. The first-order valence-electron chi connectivity index (χ1n) is 9.22. The molecule has 2 atom stereocenters. The molecule has 3 saturated heterocycles. The van der Waals surface area contributed by atoms with Crippen LogP contribution in [0.15, 0.2) is 24.5 Å². The molecule has 0 aromatic carbocycles. The largest absolute Gasteiger partial charge is 0.382 e. The van der Waals surface area contributed by atoms with Crippen molar-refractivity contribution in [3.8, 4) is 0 Å². The standard InChI is InChI=1S/C19H28N2O2/c22-19(16-4-1-2-5-16,17-6-3-9-20-12-17)14-23-18-13-21-10-7-15(18)8-11-21/h3,6,9,12,15-16,18,22H,1-2,4-5,7-8,10-11,13-14H2. The predicted molar refractivity (Wildman–Crippen MR) is 89.0 cm³/mol. The molecule has 1 aromatic heterocycles. The van der Waals surface area contributed by atoms with Crippen molar-refractivity contribution < 1.29 is 9.84 Å². The van der Waals surface area contributed by atoms with Crippen LogP contribution in [0, 0.1) is 11.8 Å². The Balaban J connectivity index is 1.49. The maximum atomic E-state index is 11.5. The highest BCUT2D eigenvalue weighted by Gasteiger charge is 2.42. The highest BCUT2D eigenvalue weighted by atomic mass is 16.5. The van der Waals surface area contributed by atoms with E-state index in [1.54, 1.807) is 6.20 Å². The van der Waals surface area contributed by atoms with Crippen LogP contribution in [-0.4, -0.2) is 47.3 Å². The number of hydrogen-bond donors (Lipinski definition) is 1. The van der Waals surface area contributed by atoms with Gasteiger partial charge in [0.15, 0.2) is 0 Å². The molecule has 1 saturated carbocycles. The summed E-state index contributed by atoms with van der Waals surface area (Å²) in [4.78, 5) is 6.73. The molecule has 126 valence electrons. The average molecular weight is 316 g/mol. The molecule has 0 amide bonds. The molecule has 0 radical (unpaired) electrons. The SMILES string of the molecule is OC(COC1CN2CCC1CC2)(c1cccnc1)C1CCCC1. The van der Waals surface area contributed by atoms with Gasteiger partial charge in [0.25, 0.3) is 0 Å². The summed E-state index contributed by atoms with van der Waals surface area (Å²) >= 11 is 0. The third kappa shape index (κ3) is 3.04. The molecule has 3 aliphatic heterocycles. The maximum absolute atomic E-state index is 11.5. The lowest BCUT2D eigenvalue weighted by Gasteiger charge is -2.45. The summed E-state index contributed by atoms with van der Waals surface area (Å²) in [5, 5.41) is 11.5. The summed E-state index contributed by atoms with van der Waals surface area (Å²) in [6.45, 7) is 3.90. The molecule has 4 aliphatic rings. The Labute approximate surface area is 138 Å². The molecular formula is C19H28N2O2. The number of aliphatic hydroxyl groups is 1. The van der Waals surface area contributed by atoms with Gasteiger partial charge in [-0.15, -0.1) is 0 Å². The zero-order valence-corrected chi connectivity index (χ0v) is 13.9. The van der Waals surface area contributed by atoms with E-state index in [9.17, 15) is 5.11 Å². The molecule has 23 heavy (non-hydrogen) atoms. The number of hydrogen-bond acceptors (Lipinski definition) is 4. The van der Waals surface area contributed by atoms with Gasteiger partial charge in [-0.2, -0.15) is 0 Å². The first kappa shape index (κ1) is 15.6. The van der Waals surface area contributed by atoms with Gasteiger partial charge in [-0.05, 0) is 56.7 Å². The monoisotopic (exact) mass is 316 g/mol. The van der Waals surface area contributed by atoms with Crippen molar-refractivity contribution in [2.45, 2.75) is 50.2 Å². The van der Waals surface area contributed by atoms with E-state index >= 15 is 0 Å². The summed E-state index contributed by atoms with van der Waals surface area (Å²) in [7, 11) is 0. The second-order valence-electron chi connectivity index (χ2n) is 7.63. The normalized spacial score (nSPS) is 33.7.